The molecule has 192 valence electrons. The topological polar surface area (TPSA) is 88.1 Å². The Kier molecular flexibility index (Phi) is 13.6. The quantitative estimate of drug-likeness (QED) is 0.240. The lowest BCUT2D eigenvalue weighted by molar-refractivity contribution is -0.0755. The molecule has 0 heterocycles. The number of fused-ring (bicyclic) bond motifs is 2. The molecule has 0 aromatic heterocycles. The summed E-state index contributed by atoms with van der Waals surface area (Å²) in [5.74, 6) is -1.06. The molecule has 1 amide bonds. The van der Waals surface area contributed by atoms with Gasteiger partial charge in [0, 0.05) is 23.0 Å². The minimum absolute atomic E-state index is 0. The van der Waals surface area contributed by atoms with Crippen LogP contribution < -0.4 is 5.48 Å². The summed E-state index contributed by atoms with van der Waals surface area (Å²) in [6.07, 6.45) is 0. The highest BCUT2D eigenvalue weighted by Gasteiger charge is 2.15. The van der Waals surface area contributed by atoms with Gasteiger partial charge < -0.3 is 9.94 Å². The molecule has 4 aromatic carbocycles. The number of nitrogens with zero attached hydrogens (tertiary/aromatic N) is 1. The van der Waals surface area contributed by atoms with Crippen LogP contribution in [0.2, 0.25) is 0 Å². The minimum Gasteiger partial charge on any atom is -0.478 e. The van der Waals surface area contributed by atoms with Gasteiger partial charge in [0.15, 0.2) is 0 Å². The van der Waals surface area contributed by atoms with Crippen LogP contribution in [0, 0.1) is 0 Å². The second kappa shape index (κ2) is 15.6. The summed E-state index contributed by atoms with van der Waals surface area (Å²) in [4.78, 5) is 32.3. The second-order valence-electron chi connectivity index (χ2n) is 7.05. The summed E-state index contributed by atoms with van der Waals surface area (Å²) >= 11 is 6.70. The van der Waals surface area contributed by atoms with Crippen LogP contribution in [-0.2, 0) is 9.68 Å². The first-order valence-corrected chi connectivity index (χ1v) is 11.9. The van der Waals surface area contributed by atoms with E-state index in [4.69, 9.17) is 9.94 Å². The van der Waals surface area contributed by atoms with Gasteiger partial charge in [0.2, 0.25) is 0 Å². The third-order valence-corrected chi connectivity index (χ3v) is 5.79. The number of halogens is 3. The first-order valence-electron chi connectivity index (χ1n) is 10.3. The molecule has 0 spiro atoms. The monoisotopic (exact) mass is 640 g/mol. The lowest BCUT2D eigenvalue weighted by Gasteiger charge is -2.15. The zero-order valence-corrected chi connectivity index (χ0v) is 24.1. The molecule has 0 unspecified atom stereocenters. The Morgan fingerprint density at radius 2 is 1.25 bits per heavy atom. The lowest BCUT2D eigenvalue weighted by atomic mass is 10.0. The maximum Gasteiger partial charge on any atom is 0.336 e. The van der Waals surface area contributed by atoms with Crippen molar-refractivity contribution in [1.82, 2.24) is 10.5 Å². The lowest BCUT2D eigenvalue weighted by Crippen LogP contribution is -2.25. The third kappa shape index (κ3) is 8.55. The van der Waals surface area contributed by atoms with Crippen molar-refractivity contribution in [3.8, 4) is 0 Å². The Hall–Kier alpha value is -2.53. The molecule has 4 rings (SSSR count). The van der Waals surface area contributed by atoms with Crippen LogP contribution in [0.15, 0.2) is 81.7 Å². The average Bonchev–Trinajstić information content (AvgIpc) is 2.87. The molecule has 0 bridgehead atoms. The molecular weight excluding hydrogens is 616 g/mol. The molecule has 0 aliphatic heterocycles. The number of carbonyl (C=O) groups excluding carboxylic acids is 1. The Labute approximate surface area is 233 Å². The van der Waals surface area contributed by atoms with Gasteiger partial charge in [-0.3, -0.25) is 9.63 Å². The predicted molar refractivity (Wildman–Crippen MR) is 153 cm³/mol. The standard InChI is InChI=1S/C13H12BrNO2.C11H7BrO2.C2H7NO.ClH/c1-15(17-2)13(16)12-8-10(14)7-9-5-3-4-6-11(9)12;12-8-5-7-3-1-2-4-9(7)10(6-8)11(13)14;1-3-4-2;/h3-8H,1-2H3;1-6H,(H,13,14);3H,1-2H3;1H. The summed E-state index contributed by atoms with van der Waals surface area (Å²) in [6, 6.07) is 22.5. The molecular formula is C26H27Br2ClN2O5. The fourth-order valence-electron chi connectivity index (χ4n) is 3.15. The average molecular weight is 643 g/mol. The normalized spacial score (nSPS) is 9.83. The number of nitrogens with one attached hydrogen (secondary N) is 1. The van der Waals surface area contributed by atoms with Crippen molar-refractivity contribution in [1.29, 1.82) is 0 Å². The van der Waals surface area contributed by atoms with E-state index in [1.165, 1.54) is 12.2 Å². The largest absolute Gasteiger partial charge is 0.478 e. The number of carboxylic acids is 1. The molecule has 7 nitrogen and oxygen atoms in total. The van der Waals surface area contributed by atoms with E-state index in [9.17, 15) is 9.59 Å². The minimum atomic E-state index is -0.900. The molecule has 0 fully saturated rings. The highest BCUT2D eigenvalue weighted by molar-refractivity contribution is 9.10. The van der Waals surface area contributed by atoms with E-state index in [2.05, 4.69) is 42.2 Å². The van der Waals surface area contributed by atoms with Crippen LogP contribution in [-0.4, -0.2) is 50.4 Å². The van der Waals surface area contributed by atoms with Gasteiger partial charge >= 0.3 is 5.97 Å². The van der Waals surface area contributed by atoms with Crippen molar-refractivity contribution in [3.63, 3.8) is 0 Å². The van der Waals surface area contributed by atoms with Gasteiger partial charge in [-0.2, -0.15) is 0 Å². The number of hydrogen-bond donors (Lipinski definition) is 2. The number of rotatable bonds is 4. The third-order valence-electron chi connectivity index (χ3n) is 4.88. The first-order chi connectivity index (χ1) is 16.7. The van der Waals surface area contributed by atoms with Gasteiger partial charge in [0.25, 0.3) is 5.91 Å². The van der Waals surface area contributed by atoms with E-state index in [1.54, 1.807) is 33.3 Å². The van der Waals surface area contributed by atoms with E-state index in [0.717, 1.165) is 30.5 Å². The Morgan fingerprint density at radius 3 is 1.67 bits per heavy atom. The second-order valence-corrected chi connectivity index (χ2v) is 8.88. The van der Waals surface area contributed by atoms with Crippen molar-refractivity contribution in [3.05, 3.63) is 92.9 Å². The number of carboxylic acid groups (broad SMARTS) is 1. The van der Waals surface area contributed by atoms with Gasteiger partial charge in [0.05, 0.1) is 25.3 Å². The van der Waals surface area contributed by atoms with Crippen LogP contribution in [0.25, 0.3) is 21.5 Å². The van der Waals surface area contributed by atoms with E-state index < -0.39 is 5.97 Å². The number of aromatic carboxylic acids is 1. The van der Waals surface area contributed by atoms with E-state index in [-0.39, 0.29) is 18.3 Å². The SMILES string of the molecule is CNOC.CON(C)C(=O)c1cc(Br)cc2ccccc12.Cl.O=C(O)c1cc(Br)cc2ccccc12. The number of benzene rings is 4. The molecule has 0 aliphatic carbocycles. The van der Waals surface area contributed by atoms with E-state index in [0.29, 0.717) is 11.1 Å². The fraction of sp³-hybridized carbons (Fsp3) is 0.154. The van der Waals surface area contributed by atoms with Crippen molar-refractivity contribution < 1.29 is 24.4 Å². The number of hydroxylamine groups is 3. The van der Waals surface area contributed by atoms with Crippen LogP contribution in [0.4, 0.5) is 0 Å². The molecule has 36 heavy (non-hydrogen) atoms. The summed E-state index contributed by atoms with van der Waals surface area (Å²) in [6.45, 7) is 0. The van der Waals surface area contributed by atoms with Gasteiger partial charge in [0.1, 0.15) is 0 Å². The highest BCUT2D eigenvalue weighted by atomic mass is 79.9. The molecule has 2 N–H and O–H groups in total. The Bertz CT molecular complexity index is 1320. The number of amides is 1. The van der Waals surface area contributed by atoms with Crippen molar-refractivity contribution in [2.24, 2.45) is 0 Å². The first kappa shape index (κ1) is 31.5. The molecule has 0 saturated carbocycles. The maximum absolute atomic E-state index is 12.1. The van der Waals surface area contributed by atoms with Crippen molar-refractivity contribution in [2.45, 2.75) is 0 Å². The summed E-state index contributed by atoms with van der Waals surface area (Å²) < 4.78 is 1.66. The molecule has 0 aliphatic rings. The summed E-state index contributed by atoms with van der Waals surface area (Å²) in [5.41, 5.74) is 3.38. The zero-order valence-electron chi connectivity index (χ0n) is 20.1. The Balaban J connectivity index is 0.000000310. The predicted octanol–water partition coefficient (Wildman–Crippen LogP) is 6.73. The fourth-order valence-corrected chi connectivity index (χ4v) is 4.11. The van der Waals surface area contributed by atoms with Crippen LogP contribution >= 0.6 is 44.3 Å². The van der Waals surface area contributed by atoms with Gasteiger partial charge in [-0.1, -0.05) is 80.4 Å². The van der Waals surface area contributed by atoms with Crippen molar-refractivity contribution >= 4 is 77.7 Å². The smallest absolute Gasteiger partial charge is 0.336 e. The maximum atomic E-state index is 12.1. The van der Waals surface area contributed by atoms with E-state index >= 15 is 0 Å². The van der Waals surface area contributed by atoms with Crippen LogP contribution in [0.1, 0.15) is 20.7 Å². The summed E-state index contributed by atoms with van der Waals surface area (Å²) in [7, 11) is 6.34. The molecule has 0 saturated heterocycles. The van der Waals surface area contributed by atoms with Crippen molar-refractivity contribution in [2.75, 3.05) is 28.3 Å². The van der Waals surface area contributed by atoms with E-state index in [1.807, 2.05) is 60.7 Å². The number of carbonyl (C=O) groups is 2. The molecule has 10 heteroatoms. The molecule has 0 atom stereocenters. The van der Waals surface area contributed by atoms with Crippen LogP contribution in [0.3, 0.4) is 0 Å². The van der Waals surface area contributed by atoms with Gasteiger partial charge in [-0.25, -0.2) is 15.3 Å². The zero-order chi connectivity index (χ0) is 26.0. The Morgan fingerprint density at radius 1 is 0.833 bits per heavy atom. The van der Waals surface area contributed by atoms with Gasteiger partial charge in [-0.05, 0) is 45.8 Å². The van der Waals surface area contributed by atoms with Crippen LogP contribution in [0.5, 0.6) is 0 Å². The molecule has 0 radical (unpaired) electrons. The van der Waals surface area contributed by atoms with Gasteiger partial charge in [-0.15, -0.1) is 12.4 Å². The number of hydrogen-bond acceptors (Lipinski definition) is 5. The highest BCUT2D eigenvalue weighted by Crippen LogP contribution is 2.25. The molecule has 4 aromatic rings. The summed E-state index contributed by atoms with van der Waals surface area (Å²) in [5, 5.41) is 13.8.